The lowest BCUT2D eigenvalue weighted by Crippen LogP contribution is -2.30. The first kappa shape index (κ1) is 24.8. The van der Waals surface area contributed by atoms with Crippen LogP contribution in [-0.4, -0.2) is 44.8 Å². The molecule has 0 saturated heterocycles. The maximum Gasteiger partial charge on any atom is 0.340 e. The second-order valence-electron chi connectivity index (χ2n) is 7.40. The minimum atomic E-state index is -3.76. The molecule has 1 N–H and O–H groups in total. The molecule has 31 heavy (non-hydrogen) atoms. The van der Waals surface area contributed by atoms with Crippen molar-refractivity contribution in [1.29, 1.82) is 0 Å². The number of ether oxygens (including phenoxy) is 1. The van der Waals surface area contributed by atoms with Gasteiger partial charge in [0.2, 0.25) is 10.0 Å². The smallest absolute Gasteiger partial charge is 0.340 e. The summed E-state index contributed by atoms with van der Waals surface area (Å²) in [5.74, 6) is -0.991. The number of hydrogen-bond donors (Lipinski definition) is 1. The number of hydrogen-bond acceptors (Lipinski definition) is 5. The second kappa shape index (κ2) is 10.3. The number of esters is 1. The SMILES string of the molecule is CC[C@@H](C)c1ccc(NC(=O)[C@H](C)OC(=O)c2cc(S(=O)(=O)N(C)C)ccc2Cl)cc1. The Kier molecular flexibility index (Phi) is 8.22. The highest BCUT2D eigenvalue weighted by Gasteiger charge is 2.24. The van der Waals surface area contributed by atoms with Crippen LogP contribution in [0.4, 0.5) is 5.69 Å². The van der Waals surface area contributed by atoms with Crippen molar-refractivity contribution in [3.05, 3.63) is 58.6 Å². The fourth-order valence-corrected chi connectivity index (χ4v) is 3.81. The zero-order valence-corrected chi connectivity index (χ0v) is 19.8. The van der Waals surface area contributed by atoms with Crippen molar-refractivity contribution in [2.24, 2.45) is 0 Å². The maximum atomic E-state index is 12.5. The fourth-order valence-electron chi connectivity index (χ4n) is 2.68. The Bertz CT molecular complexity index is 1050. The van der Waals surface area contributed by atoms with Crippen LogP contribution in [0.1, 0.15) is 49.0 Å². The summed E-state index contributed by atoms with van der Waals surface area (Å²) in [6.07, 6.45) is -0.106. The van der Waals surface area contributed by atoms with Crippen LogP contribution in [0.3, 0.4) is 0 Å². The second-order valence-corrected chi connectivity index (χ2v) is 9.96. The quantitative estimate of drug-likeness (QED) is 0.586. The number of carbonyl (C=O) groups is 2. The first-order valence-corrected chi connectivity index (χ1v) is 11.6. The molecule has 2 aromatic rings. The predicted molar refractivity (Wildman–Crippen MR) is 121 cm³/mol. The van der Waals surface area contributed by atoms with Crippen molar-refractivity contribution >= 4 is 39.2 Å². The van der Waals surface area contributed by atoms with Gasteiger partial charge in [0.05, 0.1) is 15.5 Å². The summed E-state index contributed by atoms with van der Waals surface area (Å²) in [6, 6.07) is 11.2. The van der Waals surface area contributed by atoms with Gasteiger partial charge in [-0.3, -0.25) is 4.79 Å². The van der Waals surface area contributed by atoms with Gasteiger partial charge in [0, 0.05) is 19.8 Å². The number of nitrogens with one attached hydrogen (secondary N) is 1. The average molecular weight is 467 g/mol. The van der Waals surface area contributed by atoms with Gasteiger partial charge in [-0.1, -0.05) is 37.6 Å². The molecule has 0 aromatic heterocycles. The molecule has 0 radical (unpaired) electrons. The van der Waals surface area contributed by atoms with E-state index < -0.39 is 28.0 Å². The molecule has 0 aliphatic rings. The lowest BCUT2D eigenvalue weighted by Gasteiger charge is -2.16. The van der Waals surface area contributed by atoms with Crippen LogP contribution in [0.5, 0.6) is 0 Å². The van der Waals surface area contributed by atoms with Gasteiger partial charge in [0.15, 0.2) is 6.10 Å². The summed E-state index contributed by atoms with van der Waals surface area (Å²) in [5.41, 5.74) is 1.61. The number of anilines is 1. The molecule has 9 heteroatoms. The molecule has 2 aromatic carbocycles. The van der Waals surface area contributed by atoms with E-state index in [0.29, 0.717) is 11.6 Å². The summed E-state index contributed by atoms with van der Waals surface area (Å²) in [4.78, 5) is 24.9. The monoisotopic (exact) mass is 466 g/mol. The standard InChI is InChI=1S/C22H27ClN2O5S/c1-6-14(2)16-7-9-17(10-8-16)24-21(26)15(3)30-22(27)19-13-18(11-12-20(19)23)31(28,29)25(4)5/h7-15H,6H2,1-5H3,(H,24,26)/t14-,15+/m1/s1. The van der Waals surface area contributed by atoms with Gasteiger partial charge in [0.1, 0.15) is 0 Å². The van der Waals surface area contributed by atoms with E-state index in [0.717, 1.165) is 16.8 Å². The van der Waals surface area contributed by atoms with E-state index in [-0.39, 0.29) is 15.5 Å². The molecule has 0 spiro atoms. The molecule has 2 atom stereocenters. The Morgan fingerprint density at radius 3 is 2.26 bits per heavy atom. The van der Waals surface area contributed by atoms with Gasteiger partial charge in [-0.25, -0.2) is 17.5 Å². The molecule has 0 heterocycles. The third-order valence-corrected chi connectivity index (χ3v) is 7.09. The molecule has 0 aliphatic carbocycles. The molecule has 0 saturated carbocycles. The van der Waals surface area contributed by atoms with Crippen molar-refractivity contribution in [3.63, 3.8) is 0 Å². The molecule has 0 fully saturated rings. The Morgan fingerprint density at radius 2 is 1.71 bits per heavy atom. The highest BCUT2D eigenvalue weighted by Crippen LogP contribution is 2.24. The van der Waals surface area contributed by atoms with Crippen LogP contribution in [0, 0.1) is 0 Å². The summed E-state index contributed by atoms with van der Waals surface area (Å²) < 4.78 is 30.8. The molecular formula is C22H27ClN2O5S. The van der Waals surface area contributed by atoms with E-state index >= 15 is 0 Å². The summed E-state index contributed by atoms with van der Waals surface area (Å²) in [5, 5.41) is 2.72. The van der Waals surface area contributed by atoms with E-state index in [1.54, 1.807) is 12.1 Å². The molecule has 7 nitrogen and oxygen atoms in total. The van der Waals surface area contributed by atoms with Crippen LogP contribution in [0.15, 0.2) is 47.4 Å². The number of nitrogens with zero attached hydrogens (tertiary/aromatic N) is 1. The van der Waals surface area contributed by atoms with Gasteiger partial charge in [-0.05, 0) is 55.2 Å². The van der Waals surface area contributed by atoms with E-state index in [2.05, 4.69) is 19.2 Å². The number of rotatable bonds is 8. The van der Waals surface area contributed by atoms with Crippen molar-refractivity contribution < 1.29 is 22.7 Å². The molecule has 0 bridgehead atoms. The number of benzene rings is 2. The minimum absolute atomic E-state index is 0.0240. The summed E-state index contributed by atoms with van der Waals surface area (Å²) in [7, 11) is -1.00. The summed E-state index contributed by atoms with van der Waals surface area (Å²) in [6.45, 7) is 5.66. The number of sulfonamides is 1. The van der Waals surface area contributed by atoms with Gasteiger partial charge in [0.25, 0.3) is 5.91 Å². The van der Waals surface area contributed by atoms with Crippen LogP contribution in [0.2, 0.25) is 5.02 Å². The molecular weight excluding hydrogens is 440 g/mol. The maximum absolute atomic E-state index is 12.5. The third-order valence-electron chi connectivity index (χ3n) is 4.95. The summed E-state index contributed by atoms with van der Waals surface area (Å²) >= 11 is 6.06. The number of amides is 1. The highest BCUT2D eigenvalue weighted by molar-refractivity contribution is 7.89. The van der Waals surface area contributed by atoms with Crippen molar-refractivity contribution in [3.8, 4) is 0 Å². The van der Waals surface area contributed by atoms with Crippen LogP contribution in [-0.2, 0) is 19.6 Å². The first-order valence-electron chi connectivity index (χ1n) is 9.81. The van der Waals surface area contributed by atoms with E-state index in [1.165, 1.54) is 38.7 Å². The Morgan fingerprint density at radius 1 is 1.10 bits per heavy atom. The fraction of sp³-hybridized carbons (Fsp3) is 0.364. The molecule has 0 unspecified atom stereocenters. The lowest BCUT2D eigenvalue weighted by atomic mass is 9.99. The highest BCUT2D eigenvalue weighted by atomic mass is 35.5. The van der Waals surface area contributed by atoms with Crippen molar-refractivity contribution in [1.82, 2.24) is 4.31 Å². The van der Waals surface area contributed by atoms with E-state index in [9.17, 15) is 18.0 Å². The predicted octanol–water partition coefficient (Wildman–Crippen LogP) is 4.29. The average Bonchev–Trinajstić information content (AvgIpc) is 2.73. The topological polar surface area (TPSA) is 92.8 Å². The van der Waals surface area contributed by atoms with Gasteiger partial charge in [-0.15, -0.1) is 0 Å². The molecule has 2 rings (SSSR count). The zero-order chi connectivity index (χ0) is 23.3. The van der Waals surface area contributed by atoms with Crippen LogP contribution < -0.4 is 5.32 Å². The third kappa shape index (κ3) is 6.06. The van der Waals surface area contributed by atoms with E-state index in [1.807, 2.05) is 12.1 Å². The van der Waals surface area contributed by atoms with Gasteiger partial charge < -0.3 is 10.1 Å². The zero-order valence-electron chi connectivity index (χ0n) is 18.2. The number of halogens is 1. The van der Waals surface area contributed by atoms with Crippen LogP contribution in [0.25, 0.3) is 0 Å². The molecule has 0 aliphatic heterocycles. The largest absolute Gasteiger partial charge is 0.449 e. The molecule has 168 valence electrons. The number of carbonyl (C=O) groups excluding carboxylic acids is 2. The Balaban J connectivity index is 2.10. The van der Waals surface area contributed by atoms with Crippen molar-refractivity contribution in [2.75, 3.05) is 19.4 Å². The Labute approximate surface area is 188 Å². The first-order chi connectivity index (χ1) is 14.5. The van der Waals surface area contributed by atoms with Crippen molar-refractivity contribution in [2.45, 2.75) is 44.1 Å². The van der Waals surface area contributed by atoms with Gasteiger partial charge >= 0.3 is 5.97 Å². The lowest BCUT2D eigenvalue weighted by molar-refractivity contribution is -0.123. The normalized spacial score (nSPS) is 13.5. The minimum Gasteiger partial charge on any atom is -0.449 e. The van der Waals surface area contributed by atoms with Crippen LogP contribution >= 0.6 is 11.6 Å². The van der Waals surface area contributed by atoms with Gasteiger partial charge in [-0.2, -0.15) is 0 Å². The van der Waals surface area contributed by atoms with E-state index in [4.69, 9.17) is 16.3 Å². The Hall–Kier alpha value is -2.42. The molecule has 1 amide bonds.